The van der Waals surface area contributed by atoms with Crippen LogP contribution in [0.2, 0.25) is 0 Å². The molecule has 47 heavy (non-hydrogen) atoms. The molecule has 0 spiro atoms. The summed E-state index contributed by atoms with van der Waals surface area (Å²) in [6.07, 6.45) is 16.8. The lowest BCUT2D eigenvalue weighted by Crippen LogP contribution is -2.54. The maximum atomic E-state index is 6.31. The molecule has 0 heterocycles. The molecule has 4 aliphatic rings. The van der Waals surface area contributed by atoms with E-state index in [1.165, 1.54) is 64.2 Å². The minimum absolute atomic E-state index is 0.0123. The van der Waals surface area contributed by atoms with Crippen molar-refractivity contribution >= 4 is 0 Å². The highest BCUT2D eigenvalue weighted by Crippen LogP contribution is 2.68. The van der Waals surface area contributed by atoms with Gasteiger partial charge in [-0.15, -0.1) is 0 Å². The molecule has 0 aromatic heterocycles. The Kier molecular flexibility index (Phi) is 14.5. The highest BCUT2D eigenvalue weighted by molar-refractivity contribution is 5.09. The van der Waals surface area contributed by atoms with Crippen LogP contribution in [0, 0.1) is 46.3 Å². The van der Waals surface area contributed by atoms with E-state index in [1.54, 1.807) is 0 Å². The van der Waals surface area contributed by atoms with Crippen molar-refractivity contribution in [3.8, 4) is 0 Å². The average Bonchev–Trinajstić information content (AvgIpc) is 3.35. The third-order valence-corrected chi connectivity index (χ3v) is 13.1. The summed E-state index contributed by atoms with van der Waals surface area (Å²) < 4.78 is 34.9. The minimum atomic E-state index is -0.170. The zero-order valence-corrected chi connectivity index (χ0v) is 32.1. The molecule has 4 fully saturated rings. The van der Waals surface area contributed by atoms with Gasteiger partial charge in [-0.05, 0) is 171 Å². The molecule has 10 atom stereocenters. The minimum Gasteiger partial charge on any atom is -0.355 e. The fourth-order valence-corrected chi connectivity index (χ4v) is 10.5. The second kappa shape index (κ2) is 17.3. The van der Waals surface area contributed by atoms with Crippen LogP contribution in [0.15, 0.2) is 0 Å². The molecule has 4 aliphatic carbocycles. The number of nitrogens with two attached hydrogens (primary N) is 1. The van der Waals surface area contributed by atoms with Crippen LogP contribution < -0.4 is 5.73 Å². The largest absolute Gasteiger partial charge is 0.355 e. The van der Waals surface area contributed by atoms with Gasteiger partial charge in [-0.2, -0.15) is 0 Å². The van der Waals surface area contributed by atoms with Crippen molar-refractivity contribution in [3.63, 3.8) is 0 Å². The van der Waals surface area contributed by atoms with E-state index in [9.17, 15) is 0 Å². The number of fused-ring (bicyclic) bond motifs is 5. The van der Waals surface area contributed by atoms with Gasteiger partial charge in [-0.3, -0.25) is 0 Å². The molecule has 0 aliphatic heterocycles. The van der Waals surface area contributed by atoms with Gasteiger partial charge in [0.1, 0.15) is 20.4 Å². The van der Waals surface area contributed by atoms with Crippen molar-refractivity contribution < 1.29 is 28.4 Å². The topological polar surface area (TPSA) is 81.4 Å². The molecule has 7 nitrogen and oxygen atoms in total. The summed E-state index contributed by atoms with van der Waals surface area (Å²) in [7, 11) is 0. The van der Waals surface area contributed by atoms with Crippen LogP contribution in [0.3, 0.4) is 0 Å². The number of ether oxygens (including phenoxy) is 6. The van der Waals surface area contributed by atoms with Gasteiger partial charge in [-0.25, -0.2) is 0 Å². The second-order valence-corrected chi connectivity index (χ2v) is 18.5. The van der Waals surface area contributed by atoms with Crippen LogP contribution in [0.4, 0.5) is 0 Å². The zero-order chi connectivity index (χ0) is 34.3. The Bertz CT molecular complexity index is 917. The summed E-state index contributed by atoms with van der Waals surface area (Å²) in [4.78, 5) is 0. The van der Waals surface area contributed by atoms with Crippen LogP contribution in [-0.2, 0) is 28.4 Å². The average molecular weight is 666 g/mol. The first-order valence-corrected chi connectivity index (χ1v) is 19.5. The first-order chi connectivity index (χ1) is 22.1. The Balaban J connectivity index is 1.14. The molecule has 4 saturated carbocycles. The standard InChI is InChI=1S/C40H75NO6/c1-29(12-10-22-42-27-46-37(2,3)4)34-16-17-35-33-15-14-30-24-32(18-20-39(30,8)36(33)19-21-40(34,35)9)45-26-44-25-31(41)13-11-23-43-28-47-38(5,6)7/h29-36H,10-28,41H2,1-9H3/t29-,30?,31+,32?,33?,34?,35+,36?,39?,40?/m1/s1. The number of hydrogen-bond acceptors (Lipinski definition) is 7. The lowest BCUT2D eigenvalue weighted by atomic mass is 9.44. The van der Waals surface area contributed by atoms with Gasteiger partial charge < -0.3 is 34.2 Å². The summed E-state index contributed by atoms with van der Waals surface area (Å²) in [6, 6.07) is 0.0123. The third kappa shape index (κ3) is 11.1. The van der Waals surface area contributed by atoms with Crippen molar-refractivity contribution in [2.24, 2.45) is 52.1 Å². The van der Waals surface area contributed by atoms with Crippen LogP contribution >= 0.6 is 0 Å². The highest BCUT2D eigenvalue weighted by Gasteiger charge is 2.60. The molecule has 0 radical (unpaired) electrons. The second-order valence-electron chi connectivity index (χ2n) is 18.5. The van der Waals surface area contributed by atoms with E-state index in [4.69, 9.17) is 34.2 Å². The molecule has 0 amide bonds. The Morgan fingerprint density at radius 3 is 1.98 bits per heavy atom. The molecular formula is C40H75NO6. The van der Waals surface area contributed by atoms with Crippen LogP contribution in [-0.4, -0.2) is 63.5 Å². The molecule has 0 bridgehead atoms. The van der Waals surface area contributed by atoms with Gasteiger partial charge in [0, 0.05) is 19.3 Å². The van der Waals surface area contributed by atoms with Gasteiger partial charge >= 0.3 is 0 Å². The molecule has 0 aromatic carbocycles. The van der Waals surface area contributed by atoms with Crippen LogP contribution in [0.1, 0.15) is 146 Å². The lowest BCUT2D eigenvalue weighted by Gasteiger charge is -2.61. The molecule has 7 heteroatoms. The first kappa shape index (κ1) is 39.5. The Hall–Kier alpha value is -0.280. The van der Waals surface area contributed by atoms with E-state index in [0.717, 1.165) is 61.4 Å². The fourth-order valence-electron chi connectivity index (χ4n) is 10.5. The smallest absolute Gasteiger partial charge is 0.147 e. The highest BCUT2D eigenvalue weighted by atomic mass is 16.7. The van der Waals surface area contributed by atoms with E-state index in [-0.39, 0.29) is 17.2 Å². The summed E-state index contributed by atoms with van der Waals surface area (Å²) in [5.41, 5.74) is 6.98. The summed E-state index contributed by atoms with van der Waals surface area (Å²) >= 11 is 0. The van der Waals surface area contributed by atoms with Crippen molar-refractivity contribution in [2.45, 2.75) is 169 Å². The SMILES string of the molecule is C[C@H](CCCOCOC(C)(C)C)C1CC[C@H]2C3CCC4CC(OCOC[C@@H](N)CCCOCOC(C)(C)C)CCC4(C)C3CCC12C. The zero-order valence-electron chi connectivity index (χ0n) is 32.1. The van der Waals surface area contributed by atoms with E-state index >= 15 is 0 Å². The molecule has 4 rings (SSSR count). The third-order valence-electron chi connectivity index (χ3n) is 13.1. The van der Waals surface area contributed by atoms with Crippen molar-refractivity contribution in [3.05, 3.63) is 0 Å². The number of rotatable bonds is 18. The molecule has 0 saturated heterocycles. The number of hydrogen-bond donors (Lipinski definition) is 1. The van der Waals surface area contributed by atoms with Crippen molar-refractivity contribution in [1.82, 2.24) is 0 Å². The van der Waals surface area contributed by atoms with E-state index in [1.807, 2.05) is 20.8 Å². The van der Waals surface area contributed by atoms with Crippen LogP contribution in [0.5, 0.6) is 0 Å². The van der Waals surface area contributed by atoms with Crippen molar-refractivity contribution in [2.75, 3.05) is 40.2 Å². The van der Waals surface area contributed by atoms with Crippen molar-refractivity contribution in [1.29, 1.82) is 0 Å². The van der Waals surface area contributed by atoms with Gasteiger partial charge in [0.15, 0.2) is 0 Å². The monoisotopic (exact) mass is 666 g/mol. The quantitative estimate of drug-likeness (QED) is 0.116. The summed E-state index contributed by atoms with van der Waals surface area (Å²) in [5, 5.41) is 0. The van der Waals surface area contributed by atoms with Gasteiger partial charge in [-0.1, -0.05) is 20.8 Å². The molecule has 276 valence electrons. The maximum Gasteiger partial charge on any atom is 0.147 e. The predicted molar refractivity (Wildman–Crippen MR) is 190 cm³/mol. The summed E-state index contributed by atoms with van der Waals surface area (Å²) in [6.45, 7) is 23.3. The van der Waals surface area contributed by atoms with Gasteiger partial charge in [0.25, 0.3) is 0 Å². The van der Waals surface area contributed by atoms with E-state index in [0.29, 0.717) is 50.5 Å². The molecule has 7 unspecified atom stereocenters. The summed E-state index contributed by atoms with van der Waals surface area (Å²) in [5.74, 6) is 5.15. The van der Waals surface area contributed by atoms with Gasteiger partial charge in [0.2, 0.25) is 0 Å². The Morgan fingerprint density at radius 1 is 0.702 bits per heavy atom. The van der Waals surface area contributed by atoms with Gasteiger partial charge in [0.05, 0.1) is 23.9 Å². The first-order valence-electron chi connectivity index (χ1n) is 19.5. The molecule has 0 aromatic rings. The van der Waals surface area contributed by atoms with E-state index in [2.05, 4.69) is 41.5 Å². The molecular weight excluding hydrogens is 590 g/mol. The fraction of sp³-hybridized carbons (Fsp3) is 1.00. The van der Waals surface area contributed by atoms with E-state index < -0.39 is 0 Å². The van der Waals surface area contributed by atoms with Crippen LogP contribution in [0.25, 0.3) is 0 Å². The predicted octanol–water partition coefficient (Wildman–Crippen LogP) is 9.11. The Morgan fingerprint density at radius 2 is 1.32 bits per heavy atom. The molecule has 2 N–H and O–H groups in total. The normalized spacial score (nSPS) is 35.6. The Labute approximate surface area is 289 Å². The maximum absolute atomic E-state index is 6.31. The lowest BCUT2D eigenvalue weighted by molar-refractivity contribution is -0.158.